The highest BCUT2D eigenvalue weighted by atomic mass is 79.9. The van der Waals surface area contributed by atoms with Crippen LogP contribution >= 0.6 is 31.9 Å². The lowest BCUT2D eigenvalue weighted by molar-refractivity contribution is 0.808. The number of aryl methyl sites for hydroxylation is 1. The molecule has 25 heavy (non-hydrogen) atoms. The quantitative estimate of drug-likeness (QED) is 0.489. The molecule has 0 fully saturated rings. The molecule has 4 rings (SSSR count). The number of nitrogens with zero attached hydrogens (tertiary/aromatic N) is 2. The lowest BCUT2D eigenvalue weighted by Gasteiger charge is -2.20. The van der Waals surface area contributed by atoms with E-state index in [0.717, 1.165) is 39.7 Å². The average molecular weight is 458 g/mol. The van der Waals surface area contributed by atoms with Gasteiger partial charge in [-0.05, 0) is 37.0 Å². The molecule has 2 unspecified atom stereocenters. The predicted octanol–water partition coefficient (Wildman–Crippen LogP) is 6.37. The van der Waals surface area contributed by atoms with Crippen molar-refractivity contribution in [3.05, 3.63) is 76.1 Å². The van der Waals surface area contributed by atoms with Gasteiger partial charge < -0.3 is 0 Å². The van der Waals surface area contributed by atoms with Gasteiger partial charge in [-0.3, -0.25) is 0 Å². The summed E-state index contributed by atoms with van der Waals surface area (Å²) in [5.41, 5.74) is 6.38. The van der Waals surface area contributed by atoms with Gasteiger partial charge in [0, 0.05) is 15.2 Å². The lowest BCUT2D eigenvalue weighted by atomic mass is 9.91. The number of benzene rings is 1. The number of rotatable bonds is 2. The van der Waals surface area contributed by atoms with Gasteiger partial charge in [-0.15, -0.1) is 0 Å². The molecule has 0 aliphatic heterocycles. The Kier molecular flexibility index (Phi) is 4.74. The Balaban J connectivity index is 1.89. The Morgan fingerprint density at radius 2 is 1.92 bits per heavy atom. The summed E-state index contributed by atoms with van der Waals surface area (Å²) < 4.78 is 1.13. The van der Waals surface area contributed by atoms with Gasteiger partial charge in [-0.25, -0.2) is 9.97 Å². The van der Waals surface area contributed by atoms with Crippen LogP contribution in [0.15, 0.2) is 59.1 Å². The van der Waals surface area contributed by atoms with Gasteiger partial charge in [0.15, 0.2) is 0 Å². The van der Waals surface area contributed by atoms with Crippen LogP contribution in [0.1, 0.15) is 35.7 Å². The Hall–Kier alpha value is -1.52. The highest BCUT2D eigenvalue weighted by molar-refractivity contribution is 9.11. The SMILES string of the molecule is Cc1cccc2nc(C3C=CC(Br)=CC3)c(C3=CCC(Br)C=C3)nc12. The smallest absolute Gasteiger partial charge is 0.0928 e. The fraction of sp³-hybridized carbons (Fsp3) is 0.238. The minimum absolute atomic E-state index is 0.254. The fourth-order valence-corrected chi connectivity index (χ4v) is 3.95. The zero-order valence-electron chi connectivity index (χ0n) is 13.9. The van der Waals surface area contributed by atoms with E-state index in [0.29, 0.717) is 4.83 Å². The molecular formula is C21H18Br2N2. The first-order valence-electron chi connectivity index (χ1n) is 8.46. The van der Waals surface area contributed by atoms with Crippen molar-refractivity contribution < 1.29 is 0 Å². The van der Waals surface area contributed by atoms with E-state index in [1.165, 1.54) is 11.1 Å². The Labute approximate surface area is 164 Å². The molecule has 2 aliphatic rings. The predicted molar refractivity (Wildman–Crippen MR) is 112 cm³/mol. The number of fused-ring (bicyclic) bond motifs is 1. The molecule has 0 saturated carbocycles. The van der Waals surface area contributed by atoms with E-state index in [1.54, 1.807) is 0 Å². The largest absolute Gasteiger partial charge is 0.248 e. The highest BCUT2D eigenvalue weighted by Gasteiger charge is 2.21. The third-order valence-electron chi connectivity index (χ3n) is 4.65. The van der Waals surface area contributed by atoms with Gasteiger partial charge in [0.25, 0.3) is 0 Å². The van der Waals surface area contributed by atoms with Crippen LogP contribution < -0.4 is 0 Å². The molecule has 1 aromatic heterocycles. The summed E-state index contributed by atoms with van der Waals surface area (Å²) >= 11 is 7.20. The Morgan fingerprint density at radius 1 is 1.04 bits per heavy atom. The van der Waals surface area contributed by atoms with Gasteiger partial charge in [0.05, 0.1) is 22.4 Å². The number of halogens is 2. The molecule has 0 spiro atoms. The van der Waals surface area contributed by atoms with Crippen LogP contribution in [-0.2, 0) is 0 Å². The van der Waals surface area contributed by atoms with Crippen molar-refractivity contribution >= 4 is 48.5 Å². The van der Waals surface area contributed by atoms with Crippen LogP contribution in [0.5, 0.6) is 0 Å². The van der Waals surface area contributed by atoms with Crippen LogP contribution in [-0.4, -0.2) is 14.8 Å². The molecule has 4 heteroatoms. The number of hydrogen-bond donors (Lipinski definition) is 0. The van der Waals surface area contributed by atoms with Gasteiger partial charge in [-0.1, -0.05) is 80.4 Å². The molecule has 0 saturated heterocycles. The molecule has 0 amide bonds. The summed E-state index contributed by atoms with van der Waals surface area (Å²) in [5.74, 6) is 0.254. The summed E-state index contributed by atoms with van der Waals surface area (Å²) in [6.45, 7) is 2.10. The van der Waals surface area contributed by atoms with Gasteiger partial charge in [0.2, 0.25) is 0 Å². The van der Waals surface area contributed by atoms with Crippen LogP contribution in [0.2, 0.25) is 0 Å². The number of para-hydroxylation sites is 1. The van der Waals surface area contributed by atoms with Gasteiger partial charge in [-0.2, -0.15) is 0 Å². The molecule has 0 radical (unpaired) electrons. The molecule has 0 N–H and O–H groups in total. The fourth-order valence-electron chi connectivity index (χ4n) is 3.27. The van der Waals surface area contributed by atoms with Crippen molar-refractivity contribution in [3.8, 4) is 0 Å². The lowest BCUT2D eigenvalue weighted by Crippen LogP contribution is -2.09. The zero-order chi connectivity index (χ0) is 17.4. The van der Waals surface area contributed by atoms with Crippen molar-refractivity contribution in [2.24, 2.45) is 0 Å². The first-order chi connectivity index (χ1) is 12.1. The third kappa shape index (κ3) is 3.42. The minimum Gasteiger partial charge on any atom is -0.248 e. The van der Waals surface area contributed by atoms with E-state index in [4.69, 9.17) is 9.97 Å². The van der Waals surface area contributed by atoms with E-state index in [1.807, 2.05) is 0 Å². The molecule has 1 aromatic carbocycles. The average Bonchev–Trinajstić information content (AvgIpc) is 2.63. The standard InChI is InChI=1S/C21H18Br2N2/c1-13-3-2-4-18-19(13)25-21(15-7-11-17(23)12-8-15)20(24-18)14-5-9-16(22)10-6-14/h2-5,7-11,14,17H,6,12H2,1H3. The minimum atomic E-state index is 0.254. The van der Waals surface area contributed by atoms with E-state index >= 15 is 0 Å². The highest BCUT2D eigenvalue weighted by Crippen LogP contribution is 2.35. The summed E-state index contributed by atoms with van der Waals surface area (Å²) in [5, 5.41) is 0. The Bertz CT molecular complexity index is 954. The maximum absolute atomic E-state index is 5.05. The van der Waals surface area contributed by atoms with Crippen LogP contribution in [0.3, 0.4) is 0 Å². The molecule has 126 valence electrons. The third-order valence-corrected chi connectivity index (χ3v) is 5.92. The summed E-state index contributed by atoms with van der Waals surface area (Å²) in [4.78, 5) is 10.5. The molecule has 2 atom stereocenters. The second-order valence-electron chi connectivity index (χ2n) is 6.46. The molecular weight excluding hydrogens is 440 g/mol. The van der Waals surface area contributed by atoms with Gasteiger partial charge in [0.1, 0.15) is 0 Å². The van der Waals surface area contributed by atoms with Crippen molar-refractivity contribution in [2.45, 2.75) is 30.5 Å². The number of aromatic nitrogens is 2. The zero-order valence-corrected chi connectivity index (χ0v) is 17.1. The second-order valence-corrected chi connectivity index (χ2v) is 8.55. The second kappa shape index (κ2) is 7.00. The molecule has 0 bridgehead atoms. The maximum Gasteiger partial charge on any atom is 0.0928 e. The molecule has 2 nitrogen and oxygen atoms in total. The first kappa shape index (κ1) is 16.9. The van der Waals surface area contributed by atoms with E-state index < -0.39 is 0 Å². The Morgan fingerprint density at radius 3 is 2.64 bits per heavy atom. The van der Waals surface area contributed by atoms with Crippen molar-refractivity contribution in [1.29, 1.82) is 0 Å². The number of allylic oxidation sites excluding steroid dienone is 8. The van der Waals surface area contributed by atoms with Crippen molar-refractivity contribution in [3.63, 3.8) is 0 Å². The molecule has 2 aliphatic carbocycles. The van der Waals surface area contributed by atoms with Crippen molar-refractivity contribution in [2.75, 3.05) is 0 Å². The first-order valence-corrected chi connectivity index (χ1v) is 10.2. The maximum atomic E-state index is 5.05. The monoisotopic (exact) mass is 456 g/mol. The van der Waals surface area contributed by atoms with Crippen LogP contribution in [0, 0.1) is 6.92 Å². The van der Waals surface area contributed by atoms with E-state index in [2.05, 4.69) is 93.4 Å². The molecule has 2 aromatic rings. The number of alkyl halides is 1. The number of hydrogen-bond acceptors (Lipinski definition) is 2. The van der Waals surface area contributed by atoms with E-state index in [9.17, 15) is 0 Å². The van der Waals surface area contributed by atoms with Crippen molar-refractivity contribution in [1.82, 2.24) is 9.97 Å². The van der Waals surface area contributed by atoms with Crippen LogP contribution in [0.25, 0.3) is 16.6 Å². The summed E-state index contributed by atoms with van der Waals surface area (Å²) in [7, 11) is 0. The summed E-state index contributed by atoms with van der Waals surface area (Å²) in [6, 6.07) is 6.21. The molecule has 1 heterocycles. The van der Waals surface area contributed by atoms with E-state index in [-0.39, 0.29) is 5.92 Å². The summed E-state index contributed by atoms with van der Waals surface area (Å²) in [6.07, 6.45) is 15.1. The van der Waals surface area contributed by atoms with Gasteiger partial charge >= 0.3 is 0 Å². The topological polar surface area (TPSA) is 25.8 Å². The normalized spacial score (nSPS) is 22.8. The van der Waals surface area contributed by atoms with Crippen LogP contribution in [0.4, 0.5) is 0 Å².